The minimum Gasteiger partial charge on any atom is -0.744 e. The number of terminal acetylenes is 4. The van der Waals surface area contributed by atoms with E-state index in [4.69, 9.17) is 25.7 Å². The van der Waals surface area contributed by atoms with Crippen LogP contribution in [0.1, 0.15) is 11.1 Å². The van der Waals surface area contributed by atoms with Gasteiger partial charge in [0.1, 0.15) is 30.4 Å². The van der Waals surface area contributed by atoms with E-state index in [0.29, 0.717) is 22.6 Å². The number of nitrogens with zero attached hydrogens (tertiary/aromatic N) is 8. The van der Waals surface area contributed by atoms with Crippen LogP contribution in [0, 0.1) is 49.9 Å². The molecule has 0 fully saturated rings. The molecule has 0 unspecified atom stereocenters. The van der Waals surface area contributed by atoms with Crippen LogP contribution < -0.4 is 155 Å². The van der Waals surface area contributed by atoms with Crippen molar-refractivity contribution in [3.63, 3.8) is 0 Å². The Balaban J connectivity index is 0.00000444. The van der Waals surface area contributed by atoms with Crippen molar-refractivity contribution in [2.45, 2.75) is 19.6 Å². The molecule has 0 atom stereocenters. The average Bonchev–Trinajstić information content (AvgIpc) is 3.28. The first-order valence-corrected chi connectivity index (χ1v) is 23.0. The van der Waals surface area contributed by atoms with E-state index in [0.717, 1.165) is 46.2 Å². The van der Waals surface area contributed by atoms with Gasteiger partial charge in [-0.25, -0.2) is 25.3 Å². The number of aromatic nitrogens is 6. The molecular formula is C40H24N12Na4O12S4. The van der Waals surface area contributed by atoms with E-state index in [1.807, 2.05) is 0 Å². The van der Waals surface area contributed by atoms with E-state index in [-0.39, 0.29) is 182 Å². The van der Waals surface area contributed by atoms with Crippen molar-refractivity contribution in [1.29, 1.82) is 0 Å². The summed E-state index contributed by atoms with van der Waals surface area (Å²) in [5, 5.41) is 24.6. The van der Waals surface area contributed by atoms with Gasteiger partial charge in [0, 0.05) is 51.8 Å². The molecular weight excluding hydrogens is 1060 g/mol. The molecule has 0 aliphatic heterocycles. The molecule has 4 N–H and O–H groups in total. The molecule has 2 heterocycles. The van der Waals surface area contributed by atoms with Gasteiger partial charge in [-0.15, -0.1) is 0 Å². The third-order valence-electron chi connectivity index (χ3n) is 8.35. The maximum atomic E-state index is 12.6. The summed E-state index contributed by atoms with van der Waals surface area (Å²) >= 11 is 0.657. The third kappa shape index (κ3) is 17.7. The summed E-state index contributed by atoms with van der Waals surface area (Å²) in [6.07, 6.45) is 24.1. The molecule has 0 amide bonds. The van der Waals surface area contributed by atoms with Crippen molar-refractivity contribution in [2.75, 3.05) is 31.1 Å². The van der Waals surface area contributed by atoms with E-state index < -0.39 is 45.0 Å². The molecule has 0 spiro atoms. The molecule has 0 aliphatic rings. The molecule has 344 valence electrons. The van der Waals surface area contributed by atoms with Crippen LogP contribution in [0.3, 0.4) is 0 Å². The SMILES string of the molecule is C#CN(C#C)c1nc(Nc2ccc(SOO[O-])cc2)nc(Nc2ccc(C=Cc3ccc(Nc4nc(Nc5ccc(S(=O)(=O)[O-])cc5)nc(N(C#C)C#C)n4)cc3S(=O)(=O)[O-])c(S(=O)(=O)[O-])c2)n1.[Na+].[Na+].[Na+].[Na+]. The molecule has 0 radical (unpaired) electrons. The fourth-order valence-electron chi connectivity index (χ4n) is 5.44. The molecule has 6 aromatic rings. The summed E-state index contributed by atoms with van der Waals surface area (Å²) in [5.74, 6) is -1.34. The van der Waals surface area contributed by atoms with Gasteiger partial charge in [-0.2, -0.15) is 44.0 Å². The first-order valence-electron chi connectivity index (χ1n) is 18.0. The van der Waals surface area contributed by atoms with Gasteiger partial charge in [0.05, 0.1) is 26.7 Å². The largest absolute Gasteiger partial charge is 1.00 e. The van der Waals surface area contributed by atoms with Gasteiger partial charge >= 0.3 is 118 Å². The second kappa shape index (κ2) is 28.3. The molecule has 0 bridgehead atoms. The number of anilines is 10. The quantitative estimate of drug-likeness (QED) is 0.00907. The molecule has 0 aliphatic carbocycles. The molecule has 0 saturated heterocycles. The van der Waals surface area contributed by atoms with Crippen molar-refractivity contribution in [3.8, 4) is 49.9 Å². The Morgan fingerprint density at radius 2 is 0.833 bits per heavy atom. The maximum Gasteiger partial charge on any atom is 1.00 e. The molecule has 4 aromatic carbocycles. The van der Waals surface area contributed by atoms with Crippen molar-refractivity contribution in [3.05, 3.63) is 96.1 Å². The Hall–Kier alpha value is -4.36. The Labute approximate surface area is 504 Å². The van der Waals surface area contributed by atoms with Crippen molar-refractivity contribution >= 4 is 113 Å². The van der Waals surface area contributed by atoms with E-state index in [2.05, 4.69) is 84.7 Å². The minimum absolute atomic E-state index is 0. The summed E-state index contributed by atoms with van der Waals surface area (Å²) in [4.78, 5) is 25.2. The van der Waals surface area contributed by atoms with Crippen LogP contribution in [0.25, 0.3) is 12.2 Å². The van der Waals surface area contributed by atoms with Gasteiger partial charge in [-0.1, -0.05) is 50.0 Å². The minimum atomic E-state index is -5.26. The second-order valence-corrected chi connectivity index (χ2v) is 17.6. The molecule has 24 nitrogen and oxygen atoms in total. The second-order valence-electron chi connectivity index (χ2n) is 12.7. The number of hydrogen-bond donors (Lipinski definition) is 4. The Morgan fingerprint density at radius 1 is 0.500 bits per heavy atom. The summed E-state index contributed by atoms with van der Waals surface area (Å²) in [6, 6.07) is 26.4. The van der Waals surface area contributed by atoms with Crippen LogP contribution in [0.15, 0.2) is 105 Å². The monoisotopic (exact) mass is 1080 g/mol. The van der Waals surface area contributed by atoms with E-state index in [9.17, 15) is 44.2 Å². The fourth-order valence-corrected chi connectivity index (χ4v) is 7.65. The summed E-state index contributed by atoms with van der Waals surface area (Å²) in [7, 11) is -15.3. The van der Waals surface area contributed by atoms with Gasteiger partial charge in [0.2, 0.25) is 23.8 Å². The normalized spacial score (nSPS) is 10.7. The Bertz CT molecular complexity index is 3440. The van der Waals surface area contributed by atoms with Crippen molar-refractivity contribution in [1.82, 2.24) is 29.9 Å². The van der Waals surface area contributed by atoms with Gasteiger partial charge in [0.15, 0.2) is 0 Å². The average molecular weight is 1080 g/mol. The number of rotatable bonds is 18. The first kappa shape index (κ1) is 63.8. The zero-order valence-electron chi connectivity index (χ0n) is 37.7. The topological polar surface area (TPSA) is 345 Å². The Morgan fingerprint density at radius 3 is 1.15 bits per heavy atom. The maximum absolute atomic E-state index is 12.6. The number of benzene rings is 4. The first-order chi connectivity index (χ1) is 32.3. The van der Waals surface area contributed by atoms with Gasteiger partial charge in [-0.3, -0.25) is 5.04 Å². The fraction of sp³-hybridized carbons (Fsp3) is 0. The Kier molecular flexibility index (Phi) is 25.1. The summed E-state index contributed by atoms with van der Waals surface area (Å²) in [6.45, 7) is 0. The van der Waals surface area contributed by atoms with Gasteiger partial charge in [-0.05, 0) is 83.9 Å². The van der Waals surface area contributed by atoms with E-state index in [1.54, 1.807) is 24.3 Å². The third-order valence-corrected chi connectivity index (χ3v) is 11.6. The van der Waals surface area contributed by atoms with Gasteiger partial charge in [0.25, 0.3) is 11.9 Å². The van der Waals surface area contributed by atoms with Crippen molar-refractivity contribution < 1.29 is 172 Å². The smallest absolute Gasteiger partial charge is 0.744 e. The molecule has 32 heteroatoms. The summed E-state index contributed by atoms with van der Waals surface area (Å²) < 4.78 is 114. The van der Waals surface area contributed by atoms with Crippen LogP contribution in [0.5, 0.6) is 0 Å². The van der Waals surface area contributed by atoms with Crippen LogP contribution in [-0.2, 0) is 39.7 Å². The number of hydrogen-bond acceptors (Lipinski definition) is 25. The van der Waals surface area contributed by atoms with Crippen LogP contribution >= 0.6 is 12.0 Å². The molecule has 2 aromatic heterocycles. The summed E-state index contributed by atoms with van der Waals surface area (Å²) in [5.41, 5.74) is 0.0749. The zero-order chi connectivity index (χ0) is 49.2. The van der Waals surface area contributed by atoms with Crippen LogP contribution in [0.4, 0.5) is 58.4 Å². The predicted molar refractivity (Wildman–Crippen MR) is 240 cm³/mol. The predicted octanol–water partition coefficient (Wildman–Crippen LogP) is -8.86. The number of nitrogens with one attached hydrogen (secondary N) is 4. The van der Waals surface area contributed by atoms with E-state index >= 15 is 0 Å². The molecule has 0 saturated carbocycles. The van der Waals surface area contributed by atoms with Crippen LogP contribution in [-0.4, -0.2) is 68.8 Å². The molecule has 72 heavy (non-hydrogen) atoms. The standard InChI is InChI=1S/C40H28N12O12S4.4Na/c1-5-51(6-2)39-47-35(41-27-15-19-31(20-16-27)65-64-63-53)45-37(49-39)43-29-13-11-25(33(23-29)67(57,58)59)9-10-26-12-14-30(24-34(26)68(60,61)62)44-38-46-36(48-40(50-38)52(7-3)8-4)42-28-17-21-32(22-18-28)66(54,55)56;;;;/h1-4,9-24,53H,(H,54,55,56)(H,57,58,59)(H,60,61,62)(H2,41,43,45,47,49)(H2,42,44,46,48,50);;;;/q;4*+1/p-4. The zero-order valence-corrected chi connectivity index (χ0v) is 48.9. The molecule has 6 rings (SSSR count). The van der Waals surface area contributed by atoms with E-state index in [1.165, 1.54) is 36.4 Å². The van der Waals surface area contributed by atoms with Crippen LogP contribution in [0.2, 0.25) is 0 Å². The van der Waals surface area contributed by atoms with Crippen molar-refractivity contribution in [2.24, 2.45) is 0 Å². The van der Waals surface area contributed by atoms with Gasteiger partial charge < -0.3 is 40.2 Å².